The van der Waals surface area contributed by atoms with Gasteiger partial charge in [-0.05, 0) is 68.3 Å². The Bertz CT molecular complexity index is 453. The third-order valence-corrected chi connectivity index (χ3v) is 7.34. The summed E-state index contributed by atoms with van der Waals surface area (Å²) in [5.41, 5.74) is 1.11. The molecular weight excluding hydrogens is 272 g/mol. The lowest BCUT2D eigenvalue weighted by Crippen LogP contribution is -2.53. The lowest BCUT2D eigenvalue weighted by Gasteiger charge is -2.55. The number of carbonyl (C=O) groups is 1. The van der Waals surface area contributed by atoms with Crippen molar-refractivity contribution in [3.8, 4) is 0 Å². The van der Waals surface area contributed by atoms with Gasteiger partial charge in [0.15, 0.2) is 5.78 Å². The van der Waals surface area contributed by atoms with E-state index in [1.807, 2.05) is 6.08 Å². The van der Waals surface area contributed by atoms with E-state index >= 15 is 0 Å². The van der Waals surface area contributed by atoms with Gasteiger partial charge in [0.1, 0.15) is 0 Å². The van der Waals surface area contributed by atoms with Gasteiger partial charge in [-0.25, -0.2) is 0 Å². The van der Waals surface area contributed by atoms with Gasteiger partial charge in [0.2, 0.25) is 0 Å². The first-order valence-electron chi connectivity index (χ1n) is 9.15. The highest BCUT2D eigenvalue weighted by molar-refractivity contribution is 5.95. The second kappa shape index (κ2) is 6.47. The molecule has 2 heteroatoms. The number of ketones is 1. The lowest BCUT2D eigenvalue weighted by atomic mass is 9.48. The standard InChI is InChI=1S/C20H34O2/c1-6-14(2)12-18(22)19(5)15(3)9-11-20(16(4)13-21)10-7-8-17(19)20/h12,15-17,21H,6-11,13H2,1-5H3/b14-12-. The quantitative estimate of drug-likeness (QED) is 0.743. The van der Waals surface area contributed by atoms with Crippen LogP contribution >= 0.6 is 0 Å². The maximum atomic E-state index is 13.2. The predicted molar refractivity (Wildman–Crippen MR) is 91.6 cm³/mol. The molecule has 0 aromatic carbocycles. The van der Waals surface area contributed by atoms with Crippen LogP contribution in [0.25, 0.3) is 0 Å². The largest absolute Gasteiger partial charge is 0.396 e. The van der Waals surface area contributed by atoms with Gasteiger partial charge in [0, 0.05) is 12.0 Å². The Morgan fingerprint density at radius 2 is 2.05 bits per heavy atom. The molecule has 0 amide bonds. The molecule has 2 aliphatic rings. The minimum Gasteiger partial charge on any atom is -0.396 e. The zero-order valence-corrected chi connectivity index (χ0v) is 15.1. The average Bonchev–Trinajstić information content (AvgIpc) is 2.96. The molecule has 0 saturated heterocycles. The van der Waals surface area contributed by atoms with Crippen LogP contribution in [0.1, 0.15) is 73.1 Å². The number of allylic oxidation sites excluding steroid dienone is 2. The van der Waals surface area contributed by atoms with Crippen LogP contribution in [0, 0.1) is 28.6 Å². The van der Waals surface area contributed by atoms with Crippen molar-refractivity contribution >= 4 is 5.78 Å². The summed E-state index contributed by atoms with van der Waals surface area (Å²) in [6.07, 6.45) is 8.69. The number of aliphatic hydroxyl groups is 1. The lowest BCUT2D eigenvalue weighted by molar-refractivity contribution is -0.143. The summed E-state index contributed by atoms with van der Waals surface area (Å²) in [5.74, 6) is 1.50. The molecule has 1 N–H and O–H groups in total. The van der Waals surface area contributed by atoms with Gasteiger partial charge in [0.05, 0.1) is 0 Å². The van der Waals surface area contributed by atoms with Gasteiger partial charge in [0.25, 0.3) is 0 Å². The molecular formula is C20H34O2. The van der Waals surface area contributed by atoms with E-state index in [1.54, 1.807) is 0 Å². The number of hydrogen-bond donors (Lipinski definition) is 1. The Morgan fingerprint density at radius 1 is 1.36 bits per heavy atom. The summed E-state index contributed by atoms with van der Waals surface area (Å²) in [6.45, 7) is 11.1. The second-order valence-electron chi connectivity index (χ2n) is 8.19. The fraction of sp³-hybridized carbons (Fsp3) is 0.850. The summed E-state index contributed by atoms with van der Waals surface area (Å²) in [4.78, 5) is 13.2. The molecule has 0 aromatic heterocycles. The number of fused-ring (bicyclic) bond motifs is 1. The molecule has 2 saturated carbocycles. The predicted octanol–water partition coefficient (Wildman–Crippen LogP) is 4.76. The molecule has 126 valence electrons. The van der Waals surface area contributed by atoms with Crippen LogP contribution in [0.3, 0.4) is 0 Å². The van der Waals surface area contributed by atoms with Crippen LogP contribution < -0.4 is 0 Å². The summed E-state index contributed by atoms with van der Waals surface area (Å²) in [7, 11) is 0. The van der Waals surface area contributed by atoms with Gasteiger partial charge in [-0.15, -0.1) is 0 Å². The van der Waals surface area contributed by atoms with E-state index in [0.29, 0.717) is 23.5 Å². The topological polar surface area (TPSA) is 37.3 Å². The molecule has 2 rings (SSSR count). The van der Waals surface area contributed by atoms with Crippen LogP contribution in [0.5, 0.6) is 0 Å². The number of rotatable bonds is 5. The van der Waals surface area contributed by atoms with Crippen LogP contribution in [0.15, 0.2) is 11.6 Å². The van der Waals surface area contributed by atoms with E-state index in [2.05, 4.69) is 34.6 Å². The molecule has 0 heterocycles. The van der Waals surface area contributed by atoms with E-state index in [-0.39, 0.29) is 17.4 Å². The molecule has 2 aliphatic carbocycles. The second-order valence-corrected chi connectivity index (χ2v) is 8.19. The van der Waals surface area contributed by atoms with Crippen LogP contribution in [0.4, 0.5) is 0 Å². The van der Waals surface area contributed by atoms with Crippen LogP contribution in [0.2, 0.25) is 0 Å². The Hall–Kier alpha value is -0.630. The Labute approximate surface area is 136 Å². The fourth-order valence-corrected chi connectivity index (χ4v) is 5.34. The fourth-order valence-electron chi connectivity index (χ4n) is 5.34. The van der Waals surface area contributed by atoms with Gasteiger partial charge < -0.3 is 5.11 Å². The van der Waals surface area contributed by atoms with E-state index in [0.717, 1.165) is 19.3 Å². The zero-order chi connectivity index (χ0) is 16.5. The number of hydrogen-bond acceptors (Lipinski definition) is 2. The van der Waals surface area contributed by atoms with Crippen molar-refractivity contribution in [3.05, 3.63) is 11.6 Å². The highest BCUT2D eigenvalue weighted by Gasteiger charge is 2.60. The number of carbonyl (C=O) groups excluding carboxylic acids is 1. The first-order chi connectivity index (χ1) is 10.3. The zero-order valence-electron chi connectivity index (χ0n) is 15.1. The minimum atomic E-state index is -0.255. The Kier molecular flexibility index (Phi) is 5.21. The smallest absolute Gasteiger partial charge is 0.162 e. The Morgan fingerprint density at radius 3 is 2.64 bits per heavy atom. The van der Waals surface area contributed by atoms with Gasteiger partial charge in [-0.3, -0.25) is 4.79 Å². The van der Waals surface area contributed by atoms with Crippen molar-refractivity contribution < 1.29 is 9.90 Å². The van der Waals surface area contributed by atoms with Gasteiger partial charge >= 0.3 is 0 Å². The van der Waals surface area contributed by atoms with Crippen LogP contribution in [-0.2, 0) is 4.79 Å². The SMILES string of the molecule is CC/C(C)=C\C(=O)C1(C)C(C)CCC2(C(C)CO)CCCC21. The summed E-state index contributed by atoms with van der Waals surface area (Å²) >= 11 is 0. The minimum absolute atomic E-state index is 0.180. The van der Waals surface area contributed by atoms with Gasteiger partial charge in [-0.2, -0.15) is 0 Å². The van der Waals surface area contributed by atoms with E-state index in [1.165, 1.54) is 24.8 Å². The molecule has 0 bridgehead atoms. The van der Waals surface area contributed by atoms with E-state index < -0.39 is 0 Å². The van der Waals surface area contributed by atoms with E-state index in [9.17, 15) is 9.90 Å². The third kappa shape index (κ3) is 2.58. The van der Waals surface area contributed by atoms with Crippen molar-refractivity contribution in [2.75, 3.05) is 6.61 Å². The average molecular weight is 306 g/mol. The molecule has 0 radical (unpaired) electrons. The highest BCUT2D eigenvalue weighted by Crippen LogP contribution is 2.64. The van der Waals surface area contributed by atoms with Crippen molar-refractivity contribution in [2.45, 2.75) is 73.1 Å². The van der Waals surface area contributed by atoms with Crippen molar-refractivity contribution in [3.63, 3.8) is 0 Å². The molecule has 5 atom stereocenters. The molecule has 2 fully saturated rings. The monoisotopic (exact) mass is 306 g/mol. The Balaban J connectivity index is 2.42. The van der Waals surface area contributed by atoms with E-state index in [4.69, 9.17) is 0 Å². The molecule has 0 aromatic rings. The van der Waals surface area contributed by atoms with Crippen LogP contribution in [-0.4, -0.2) is 17.5 Å². The molecule has 0 aliphatic heterocycles. The maximum Gasteiger partial charge on any atom is 0.162 e. The van der Waals surface area contributed by atoms with Gasteiger partial charge in [-0.1, -0.05) is 39.7 Å². The normalized spacial score (nSPS) is 40.4. The third-order valence-electron chi connectivity index (χ3n) is 7.34. The first-order valence-corrected chi connectivity index (χ1v) is 9.15. The number of aliphatic hydroxyl groups excluding tert-OH is 1. The molecule has 22 heavy (non-hydrogen) atoms. The molecule has 5 unspecified atom stereocenters. The summed E-state index contributed by atoms with van der Waals surface area (Å²) < 4.78 is 0. The first kappa shape index (κ1) is 17.7. The highest BCUT2D eigenvalue weighted by atomic mass is 16.3. The summed E-state index contributed by atoms with van der Waals surface area (Å²) in [5, 5.41) is 9.79. The van der Waals surface area contributed by atoms with Crippen molar-refractivity contribution in [1.82, 2.24) is 0 Å². The van der Waals surface area contributed by atoms with Crippen molar-refractivity contribution in [1.29, 1.82) is 0 Å². The molecule has 0 spiro atoms. The summed E-state index contributed by atoms with van der Waals surface area (Å²) in [6, 6.07) is 0. The van der Waals surface area contributed by atoms with Crippen molar-refractivity contribution in [2.24, 2.45) is 28.6 Å². The maximum absolute atomic E-state index is 13.2. The molecule has 2 nitrogen and oxygen atoms in total.